The van der Waals surface area contributed by atoms with E-state index in [1.807, 2.05) is 6.07 Å². The van der Waals surface area contributed by atoms with E-state index in [2.05, 4.69) is 21.7 Å². The molecule has 2 rings (SSSR count). The maximum Gasteiger partial charge on any atom is 0.125 e. The van der Waals surface area contributed by atoms with Gasteiger partial charge in [-0.2, -0.15) is 5.26 Å². The van der Waals surface area contributed by atoms with Gasteiger partial charge in [0, 0.05) is 12.7 Å². The Balaban J connectivity index is 1.82. The lowest BCUT2D eigenvalue weighted by Crippen LogP contribution is -2.31. The minimum atomic E-state index is 0.604. The number of hydrogen-bond acceptors (Lipinski definition) is 4. The highest BCUT2D eigenvalue weighted by atomic mass is 15.0. The number of hydrogen-bond donors (Lipinski definition) is 2. The molecule has 1 aliphatic heterocycles. The van der Waals surface area contributed by atoms with Crippen LogP contribution in [-0.4, -0.2) is 24.6 Å². The van der Waals surface area contributed by atoms with Gasteiger partial charge >= 0.3 is 0 Å². The second kappa shape index (κ2) is 5.47. The van der Waals surface area contributed by atoms with Crippen LogP contribution in [0.1, 0.15) is 18.4 Å². The van der Waals surface area contributed by atoms with Crippen LogP contribution in [0, 0.1) is 17.2 Å². The largest absolute Gasteiger partial charge is 0.370 e. The number of nitrogens with one attached hydrogen (secondary N) is 2. The Morgan fingerprint density at radius 1 is 1.44 bits per heavy atom. The smallest absolute Gasteiger partial charge is 0.125 e. The average molecular weight is 216 g/mol. The van der Waals surface area contributed by atoms with Gasteiger partial charge in [0.25, 0.3) is 0 Å². The first-order chi connectivity index (χ1) is 7.88. The molecule has 1 aliphatic rings. The minimum Gasteiger partial charge on any atom is -0.370 e. The van der Waals surface area contributed by atoms with Gasteiger partial charge in [-0.1, -0.05) is 0 Å². The Morgan fingerprint density at radius 3 is 2.88 bits per heavy atom. The summed E-state index contributed by atoms with van der Waals surface area (Å²) in [5, 5.41) is 15.3. The van der Waals surface area contributed by atoms with Crippen molar-refractivity contribution in [2.45, 2.75) is 12.8 Å². The Labute approximate surface area is 95.7 Å². The molecule has 4 nitrogen and oxygen atoms in total. The molecule has 1 saturated heterocycles. The number of aromatic nitrogens is 1. The molecule has 1 fully saturated rings. The Hall–Kier alpha value is -1.60. The van der Waals surface area contributed by atoms with E-state index in [0.29, 0.717) is 5.56 Å². The molecule has 16 heavy (non-hydrogen) atoms. The first kappa shape index (κ1) is 10.9. The highest BCUT2D eigenvalue weighted by molar-refractivity contribution is 5.38. The lowest BCUT2D eigenvalue weighted by atomic mass is 9.98. The third-order valence-corrected chi connectivity index (χ3v) is 2.92. The minimum absolute atomic E-state index is 0.604. The monoisotopic (exact) mass is 216 g/mol. The highest BCUT2D eigenvalue weighted by Gasteiger charge is 2.12. The molecule has 0 amide bonds. The van der Waals surface area contributed by atoms with E-state index in [4.69, 9.17) is 5.26 Å². The van der Waals surface area contributed by atoms with Gasteiger partial charge in [0.05, 0.1) is 5.56 Å². The van der Waals surface area contributed by atoms with E-state index in [1.54, 1.807) is 12.3 Å². The van der Waals surface area contributed by atoms with E-state index < -0.39 is 0 Å². The van der Waals surface area contributed by atoms with E-state index in [1.165, 1.54) is 12.8 Å². The SMILES string of the molecule is N#Cc1ccc(NCC2CCNCC2)nc1. The van der Waals surface area contributed by atoms with Gasteiger partial charge in [-0.15, -0.1) is 0 Å². The second-order valence-electron chi connectivity index (χ2n) is 4.12. The van der Waals surface area contributed by atoms with Crippen LogP contribution in [0.2, 0.25) is 0 Å². The zero-order valence-electron chi connectivity index (χ0n) is 9.24. The van der Waals surface area contributed by atoms with E-state index in [0.717, 1.165) is 31.4 Å². The van der Waals surface area contributed by atoms with Gasteiger partial charge in [-0.05, 0) is 44.0 Å². The van der Waals surface area contributed by atoms with Crippen LogP contribution in [0.3, 0.4) is 0 Å². The summed E-state index contributed by atoms with van der Waals surface area (Å²) >= 11 is 0. The van der Waals surface area contributed by atoms with Crippen LogP contribution in [0.15, 0.2) is 18.3 Å². The zero-order valence-corrected chi connectivity index (χ0v) is 9.24. The molecular formula is C12H16N4. The number of pyridine rings is 1. The molecule has 0 spiro atoms. The Kier molecular flexibility index (Phi) is 3.73. The summed E-state index contributed by atoms with van der Waals surface area (Å²) in [4.78, 5) is 4.18. The third kappa shape index (κ3) is 2.94. The van der Waals surface area contributed by atoms with Crippen molar-refractivity contribution in [2.24, 2.45) is 5.92 Å². The molecular weight excluding hydrogens is 200 g/mol. The van der Waals surface area contributed by atoms with Gasteiger partial charge < -0.3 is 10.6 Å². The van der Waals surface area contributed by atoms with Crippen LogP contribution >= 0.6 is 0 Å². The number of nitriles is 1. The lowest BCUT2D eigenvalue weighted by molar-refractivity contribution is 0.389. The predicted molar refractivity (Wildman–Crippen MR) is 63.0 cm³/mol. The van der Waals surface area contributed by atoms with Gasteiger partial charge in [0.15, 0.2) is 0 Å². The van der Waals surface area contributed by atoms with Crippen LogP contribution in [0.5, 0.6) is 0 Å². The quantitative estimate of drug-likeness (QED) is 0.801. The van der Waals surface area contributed by atoms with E-state index in [-0.39, 0.29) is 0 Å². The Morgan fingerprint density at radius 2 is 2.25 bits per heavy atom. The summed E-state index contributed by atoms with van der Waals surface area (Å²) in [5.41, 5.74) is 0.604. The highest BCUT2D eigenvalue weighted by Crippen LogP contribution is 2.12. The van der Waals surface area contributed by atoms with Crippen LogP contribution < -0.4 is 10.6 Å². The van der Waals surface area contributed by atoms with Gasteiger partial charge in [-0.25, -0.2) is 4.98 Å². The summed E-state index contributed by atoms with van der Waals surface area (Å²) in [6.45, 7) is 3.21. The average Bonchev–Trinajstić information content (AvgIpc) is 2.38. The second-order valence-corrected chi connectivity index (χ2v) is 4.12. The molecule has 0 aromatic carbocycles. The number of nitrogens with zero attached hydrogens (tertiary/aromatic N) is 2. The molecule has 0 unspecified atom stereocenters. The van der Waals surface area contributed by atoms with Crippen molar-refractivity contribution in [2.75, 3.05) is 25.0 Å². The fraction of sp³-hybridized carbons (Fsp3) is 0.500. The zero-order chi connectivity index (χ0) is 11.2. The normalized spacial score (nSPS) is 16.7. The molecule has 1 aromatic heterocycles. The summed E-state index contributed by atoms with van der Waals surface area (Å²) < 4.78 is 0. The molecule has 0 atom stereocenters. The van der Waals surface area contributed by atoms with Crippen LogP contribution in [0.25, 0.3) is 0 Å². The maximum atomic E-state index is 8.64. The molecule has 0 radical (unpaired) electrons. The number of rotatable bonds is 3. The van der Waals surface area contributed by atoms with Gasteiger partial charge in [-0.3, -0.25) is 0 Å². The van der Waals surface area contributed by atoms with Gasteiger partial charge in [0.2, 0.25) is 0 Å². The van der Waals surface area contributed by atoms with Crippen LogP contribution in [-0.2, 0) is 0 Å². The van der Waals surface area contributed by atoms with E-state index >= 15 is 0 Å². The van der Waals surface area contributed by atoms with E-state index in [9.17, 15) is 0 Å². The third-order valence-electron chi connectivity index (χ3n) is 2.92. The molecule has 84 valence electrons. The van der Waals surface area contributed by atoms with Gasteiger partial charge in [0.1, 0.15) is 11.9 Å². The van der Waals surface area contributed by atoms with Crippen LogP contribution in [0.4, 0.5) is 5.82 Å². The molecule has 1 aromatic rings. The fourth-order valence-corrected chi connectivity index (χ4v) is 1.90. The summed E-state index contributed by atoms with van der Waals surface area (Å²) in [6, 6.07) is 5.71. The number of anilines is 1. The first-order valence-electron chi connectivity index (χ1n) is 5.69. The lowest BCUT2D eigenvalue weighted by Gasteiger charge is -2.22. The van der Waals surface area contributed by atoms with Crippen molar-refractivity contribution in [3.05, 3.63) is 23.9 Å². The maximum absolute atomic E-state index is 8.64. The van der Waals surface area contributed by atoms with Crippen molar-refractivity contribution in [3.8, 4) is 6.07 Å². The molecule has 0 bridgehead atoms. The Bertz CT molecular complexity index is 360. The molecule has 2 heterocycles. The van der Waals surface area contributed by atoms with Crippen molar-refractivity contribution in [1.29, 1.82) is 5.26 Å². The van der Waals surface area contributed by atoms with Crippen molar-refractivity contribution in [3.63, 3.8) is 0 Å². The molecule has 0 saturated carbocycles. The molecule has 0 aliphatic carbocycles. The van der Waals surface area contributed by atoms with Crippen molar-refractivity contribution >= 4 is 5.82 Å². The van der Waals surface area contributed by atoms with Crippen molar-refractivity contribution in [1.82, 2.24) is 10.3 Å². The summed E-state index contributed by atoms with van der Waals surface area (Å²) in [5.74, 6) is 1.59. The number of piperidine rings is 1. The van der Waals surface area contributed by atoms with Crippen molar-refractivity contribution < 1.29 is 0 Å². The standard InChI is InChI=1S/C12H16N4/c13-7-11-1-2-12(16-9-11)15-8-10-3-5-14-6-4-10/h1-2,9-10,14H,3-6,8H2,(H,15,16). The topological polar surface area (TPSA) is 60.7 Å². The molecule has 2 N–H and O–H groups in total. The summed E-state index contributed by atoms with van der Waals surface area (Å²) in [6.07, 6.45) is 4.05. The summed E-state index contributed by atoms with van der Waals surface area (Å²) in [7, 11) is 0. The predicted octanol–water partition coefficient (Wildman–Crippen LogP) is 1.36. The molecule has 4 heteroatoms. The first-order valence-corrected chi connectivity index (χ1v) is 5.69. The fourth-order valence-electron chi connectivity index (χ4n) is 1.90.